The Morgan fingerprint density at radius 1 is 0.950 bits per heavy atom. The summed E-state index contributed by atoms with van der Waals surface area (Å²) in [6, 6.07) is 13.2. The monoisotopic (exact) mass is 267 g/mol. The molecule has 2 rings (SSSR count). The largest absolute Gasteiger partial charge is 0.381 e. The third-order valence-corrected chi connectivity index (χ3v) is 3.83. The van der Waals surface area contributed by atoms with E-state index >= 15 is 0 Å². The van der Waals surface area contributed by atoms with E-state index in [1.54, 1.807) is 0 Å². The fourth-order valence-corrected chi connectivity index (χ4v) is 2.85. The third-order valence-electron chi connectivity index (χ3n) is 3.83. The van der Waals surface area contributed by atoms with E-state index in [-0.39, 0.29) is 0 Å². The molecule has 0 aliphatic carbocycles. The molecule has 0 saturated heterocycles. The minimum atomic E-state index is 0.901. The van der Waals surface area contributed by atoms with Gasteiger partial charge in [-0.3, -0.25) is 0 Å². The summed E-state index contributed by atoms with van der Waals surface area (Å²) in [5.41, 5.74) is 8.20. The molecule has 0 saturated carbocycles. The summed E-state index contributed by atoms with van der Waals surface area (Å²) < 4.78 is 0. The first-order chi connectivity index (χ1) is 9.61. The van der Waals surface area contributed by atoms with E-state index in [2.05, 4.69) is 69.4 Å². The molecule has 0 fully saturated rings. The third kappa shape index (κ3) is 3.41. The highest BCUT2D eigenvalue weighted by molar-refractivity contribution is 5.52. The Kier molecular flexibility index (Phi) is 4.84. The van der Waals surface area contributed by atoms with Crippen molar-refractivity contribution in [1.29, 1.82) is 0 Å². The van der Waals surface area contributed by atoms with E-state index in [0.717, 1.165) is 13.0 Å². The van der Waals surface area contributed by atoms with Gasteiger partial charge in [0.15, 0.2) is 0 Å². The Hall–Kier alpha value is -1.76. The van der Waals surface area contributed by atoms with Crippen molar-refractivity contribution in [2.75, 3.05) is 5.32 Å². The Morgan fingerprint density at radius 3 is 2.25 bits per heavy atom. The summed E-state index contributed by atoms with van der Waals surface area (Å²) in [5.74, 6) is 0. The molecule has 0 aliphatic rings. The van der Waals surface area contributed by atoms with Gasteiger partial charge in [-0.05, 0) is 55.5 Å². The van der Waals surface area contributed by atoms with Crippen molar-refractivity contribution >= 4 is 5.69 Å². The number of benzene rings is 2. The van der Waals surface area contributed by atoms with E-state index in [4.69, 9.17) is 0 Å². The van der Waals surface area contributed by atoms with Gasteiger partial charge >= 0.3 is 0 Å². The maximum atomic E-state index is 3.62. The molecule has 0 heterocycles. The number of hydrogen-bond donors (Lipinski definition) is 1. The summed E-state index contributed by atoms with van der Waals surface area (Å²) in [7, 11) is 0. The Bertz CT molecular complexity index is 561. The average molecular weight is 267 g/mol. The zero-order valence-electron chi connectivity index (χ0n) is 13.1. The van der Waals surface area contributed by atoms with Crippen LogP contribution >= 0.6 is 0 Å². The van der Waals surface area contributed by atoms with Gasteiger partial charge in [0, 0.05) is 12.2 Å². The smallest absolute Gasteiger partial charge is 0.0406 e. The summed E-state index contributed by atoms with van der Waals surface area (Å²) >= 11 is 0. The molecule has 0 amide bonds. The van der Waals surface area contributed by atoms with Crippen LogP contribution < -0.4 is 5.32 Å². The van der Waals surface area contributed by atoms with E-state index in [0.29, 0.717) is 0 Å². The predicted molar refractivity (Wildman–Crippen MR) is 88.4 cm³/mol. The van der Waals surface area contributed by atoms with Crippen LogP contribution in [0, 0.1) is 20.8 Å². The molecule has 0 atom stereocenters. The number of para-hydroxylation sites is 1. The van der Waals surface area contributed by atoms with Crippen LogP contribution in [0.4, 0.5) is 5.69 Å². The first kappa shape index (κ1) is 14.6. The number of rotatable bonds is 5. The second kappa shape index (κ2) is 6.60. The molecule has 0 radical (unpaired) electrons. The zero-order chi connectivity index (χ0) is 14.5. The highest BCUT2D eigenvalue weighted by Gasteiger charge is 2.05. The summed E-state index contributed by atoms with van der Waals surface area (Å²) in [4.78, 5) is 0. The van der Waals surface area contributed by atoms with Gasteiger partial charge in [-0.25, -0.2) is 0 Å². The molecule has 0 spiro atoms. The maximum absolute atomic E-state index is 3.62. The van der Waals surface area contributed by atoms with E-state index in [1.165, 1.54) is 39.9 Å². The second-order valence-corrected chi connectivity index (χ2v) is 5.64. The van der Waals surface area contributed by atoms with Gasteiger partial charge in [-0.1, -0.05) is 49.2 Å². The standard InChI is InChI=1S/C19H25N/c1-5-8-17-9-6-7-10-19(17)20-13-18-15(3)11-14(2)12-16(18)4/h6-7,9-12,20H,5,8,13H2,1-4H3. The molecule has 0 bridgehead atoms. The van der Waals surface area contributed by atoms with Crippen molar-refractivity contribution in [2.24, 2.45) is 0 Å². The van der Waals surface area contributed by atoms with Crippen LogP contribution in [0.3, 0.4) is 0 Å². The van der Waals surface area contributed by atoms with Crippen LogP contribution in [0.25, 0.3) is 0 Å². The van der Waals surface area contributed by atoms with Crippen molar-refractivity contribution in [3.05, 3.63) is 64.2 Å². The number of hydrogen-bond acceptors (Lipinski definition) is 1. The molecular weight excluding hydrogens is 242 g/mol. The van der Waals surface area contributed by atoms with E-state index < -0.39 is 0 Å². The van der Waals surface area contributed by atoms with Crippen molar-refractivity contribution in [3.63, 3.8) is 0 Å². The lowest BCUT2D eigenvalue weighted by atomic mass is 9.99. The Morgan fingerprint density at radius 2 is 1.60 bits per heavy atom. The molecular formula is C19H25N. The van der Waals surface area contributed by atoms with Crippen LogP contribution in [0.1, 0.15) is 41.2 Å². The molecule has 2 aromatic rings. The molecule has 0 aromatic heterocycles. The van der Waals surface area contributed by atoms with Gasteiger partial charge in [0.2, 0.25) is 0 Å². The lowest BCUT2D eigenvalue weighted by molar-refractivity contribution is 0.919. The van der Waals surface area contributed by atoms with Crippen molar-refractivity contribution in [1.82, 2.24) is 0 Å². The van der Waals surface area contributed by atoms with Crippen LogP contribution in [0.2, 0.25) is 0 Å². The summed E-state index contributed by atoms with van der Waals surface area (Å²) in [6.45, 7) is 9.70. The minimum Gasteiger partial charge on any atom is -0.381 e. The van der Waals surface area contributed by atoms with E-state index in [9.17, 15) is 0 Å². The molecule has 0 unspecified atom stereocenters. The normalized spacial score (nSPS) is 10.6. The quantitative estimate of drug-likeness (QED) is 0.787. The maximum Gasteiger partial charge on any atom is 0.0406 e. The molecule has 1 N–H and O–H groups in total. The summed E-state index contributed by atoms with van der Waals surface area (Å²) in [6.07, 6.45) is 2.32. The lowest BCUT2D eigenvalue weighted by Gasteiger charge is -2.15. The van der Waals surface area contributed by atoms with Crippen molar-refractivity contribution < 1.29 is 0 Å². The molecule has 106 valence electrons. The molecule has 0 aliphatic heterocycles. The first-order valence-electron chi connectivity index (χ1n) is 7.50. The first-order valence-corrected chi connectivity index (χ1v) is 7.50. The van der Waals surface area contributed by atoms with Crippen LogP contribution in [0.15, 0.2) is 36.4 Å². The van der Waals surface area contributed by atoms with Gasteiger partial charge in [0.05, 0.1) is 0 Å². The topological polar surface area (TPSA) is 12.0 Å². The predicted octanol–water partition coefficient (Wildman–Crippen LogP) is 5.18. The SMILES string of the molecule is CCCc1ccccc1NCc1c(C)cc(C)cc1C. The van der Waals surface area contributed by atoms with Gasteiger partial charge in [-0.15, -0.1) is 0 Å². The van der Waals surface area contributed by atoms with Gasteiger partial charge in [-0.2, -0.15) is 0 Å². The van der Waals surface area contributed by atoms with Crippen molar-refractivity contribution in [3.8, 4) is 0 Å². The molecule has 20 heavy (non-hydrogen) atoms. The van der Waals surface area contributed by atoms with Gasteiger partial charge in [0.1, 0.15) is 0 Å². The van der Waals surface area contributed by atoms with Gasteiger partial charge < -0.3 is 5.32 Å². The fraction of sp³-hybridized carbons (Fsp3) is 0.368. The van der Waals surface area contributed by atoms with E-state index in [1.807, 2.05) is 0 Å². The molecule has 1 heteroatoms. The Labute approximate surface area is 123 Å². The van der Waals surface area contributed by atoms with Gasteiger partial charge in [0.25, 0.3) is 0 Å². The number of aryl methyl sites for hydroxylation is 4. The van der Waals surface area contributed by atoms with Crippen LogP contribution in [-0.2, 0) is 13.0 Å². The highest BCUT2D eigenvalue weighted by Crippen LogP contribution is 2.21. The summed E-state index contributed by atoms with van der Waals surface area (Å²) in [5, 5.41) is 3.62. The second-order valence-electron chi connectivity index (χ2n) is 5.64. The number of nitrogens with one attached hydrogen (secondary N) is 1. The van der Waals surface area contributed by atoms with Crippen LogP contribution in [0.5, 0.6) is 0 Å². The molecule has 1 nitrogen and oxygen atoms in total. The van der Waals surface area contributed by atoms with Crippen LogP contribution in [-0.4, -0.2) is 0 Å². The zero-order valence-corrected chi connectivity index (χ0v) is 13.1. The molecule has 2 aromatic carbocycles. The number of anilines is 1. The average Bonchev–Trinajstić information content (AvgIpc) is 2.39. The lowest BCUT2D eigenvalue weighted by Crippen LogP contribution is -2.06. The highest BCUT2D eigenvalue weighted by atomic mass is 14.9. The van der Waals surface area contributed by atoms with Crippen molar-refractivity contribution in [2.45, 2.75) is 47.1 Å². The minimum absolute atomic E-state index is 0.901. The Balaban J connectivity index is 2.17. The fourth-order valence-electron chi connectivity index (χ4n) is 2.85.